The van der Waals surface area contributed by atoms with Crippen molar-refractivity contribution in [2.24, 2.45) is 7.05 Å². The van der Waals surface area contributed by atoms with Crippen molar-refractivity contribution in [3.63, 3.8) is 0 Å². The maximum Gasteiger partial charge on any atom is 0.150 e. The highest BCUT2D eigenvalue weighted by Gasteiger charge is 2.49. The first-order valence-corrected chi connectivity index (χ1v) is 15.2. The molecule has 2 aromatic heterocycles. The Morgan fingerprint density at radius 1 is 1.10 bits per heavy atom. The fourth-order valence-corrected chi connectivity index (χ4v) is 7.56. The summed E-state index contributed by atoms with van der Waals surface area (Å²) >= 11 is 8.62. The molecule has 0 atom stereocenters. The van der Waals surface area contributed by atoms with E-state index in [1.807, 2.05) is 24.3 Å². The number of anilines is 1. The lowest BCUT2D eigenvalue weighted by molar-refractivity contribution is 0.112. The van der Waals surface area contributed by atoms with Crippen LogP contribution in [0.2, 0.25) is 5.02 Å². The van der Waals surface area contributed by atoms with E-state index in [9.17, 15) is 10.1 Å². The van der Waals surface area contributed by atoms with Crippen molar-refractivity contribution in [3.8, 4) is 27.8 Å². The van der Waals surface area contributed by atoms with E-state index in [1.165, 1.54) is 22.7 Å². The Bertz CT molecular complexity index is 1950. The van der Waals surface area contributed by atoms with Crippen molar-refractivity contribution in [1.29, 1.82) is 5.26 Å². The van der Waals surface area contributed by atoms with Crippen molar-refractivity contribution in [3.05, 3.63) is 87.5 Å². The summed E-state index contributed by atoms with van der Waals surface area (Å²) in [6.45, 7) is 4.01. The summed E-state index contributed by atoms with van der Waals surface area (Å²) in [5.41, 5.74) is 8.75. The quantitative estimate of drug-likeness (QED) is 0.212. The number of imidazole rings is 1. The molecule has 3 aromatic carbocycles. The molecule has 210 valence electrons. The average Bonchev–Trinajstić information content (AvgIpc) is 3.51. The van der Waals surface area contributed by atoms with Crippen molar-refractivity contribution in [1.82, 2.24) is 19.4 Å². The molecule has 1 aliphatic heterocycles. The van der Waals surface area contributed by atoms with Gasteiger partial charge in [0.15, 0.2) is 0 Å². The molecule has 9 heteroatoms. The van der Waals surface area contributed by atoms with E-state index in [-0.39, 0.29) is 5.54 Å². The van der Waals surface area contributed by atoms with Crippen LogP contribution in [0.3, 0.4) is 0 Å². The van der Waals surface area contributed by atoms with Gasteiger partial charge in [0.2, 0.25) is 0 Å². The maximum absolute atomic E-state index is 11.4. The van der Waals surface area contributed by atoms with Crippen LogP contribution in [0.4, 0.5) is 5.69 Å². The van der Waals surface area contributed by atoms with Gasteiger partial charge in [-0.2, -0.15) is 5.26 Å². The highest BCUT2D eigenvalue weighted by molar-refractivity contribution is 7.22. The number of aldehydes is 1. The number of fused-ring (bicyclic) bond motifs is 2. The van der Waals surface area contributed by atoms with Gasteiger partial charge in [0.1, 0.15) is 23.2 Å². The van der Waals surface area contributed by atoms with E-state index < -0.39 is 0 Å². The number of nitrogens with zero attached hydrogens (tertiary/aromatic N) is 5. The third kappa shape index (κ3) is 4.31. The molecule has 7 rings (SSSR count). The molecule has 0 unspecified atom stereocenters. The number of thiazole rings is 1. The van der Waals surface area contributed by atoms with Crippen LogP contribution in [0.15, 0.2) is 48.5 Å². The van der Waals surface area contributed by atoms with Crippen LogP contribution in [0, 0.1) is 18.3 Å². The molecule has 0 spiro atoms. The zero-order chi connectivity index (χ0) is 29.2. The number of carbonyl (C=O) groups is 1. The maximum atomic E-state index is 11.4. The molecule has 1 saturated carbocycles. The van der Waals surface area contributed by atoms with Gasteiger partial charge in [-0.15, -0.1) is 11.3 Å². The number of aromatic nitrogens is 3. The Hall–Kier alpha value is -4.03. The van der Waals surface area contributed by atoms with Gasteiger partial charge in [0, 0.05) is 48.9 Å². The third-order valence-corrected chi connectivity index (χ3v) is 10.2. The van der Waals surface area contributed by atoms with Crippen LogP contribution in [0.5, 0.6) is 0 Å². The molecule has 2 aliphatic rings. The third-order valence-electron chi connectivity index (χ3n) is 8.62. The molecule has 5 aromatic rings. The van der Waals surface area contributed by atoms with Crippen LogP contribution in [0.1, 0.15) is 51.5 Å². The summed E-state index contributed by atoms with van der Waals surface area (Å²) in [6, 6.07) is 17.8. The number of benzene rings is 3. The number of hydrogen-bond acceptors (Lipinski definition) is 7. The van der Waals surface area contributed by atoms with Crippen molar-refractivity contribution in [2.75, 3.05) is 18.9 Å². The number of rotatable bonds is 6. The van der Waals surface area contributed by atoms with Gasteiger partial charge in [-0.05, 0) is 56.1 Å². The van der Waals surface area contributed by atoms with Gasteiger partial charge >= 0.3 is 0 Å². The molecule has 7 nitrogen and oxygen atoms in total. The van der Waals surface area contributed by atoms with Crippen molar-refractivity contribution in [2.45, 2.75) is 38.3 Å². The number of nitrogens with one attached hydrogen (secondary N) is 1. The number of carbonyl (C=O) groups excluding carboxylic acids is 1. The van der Waals surface area contributed by atoms with E-state index in [4.69, 9.17) is 21.6 Å². The Kier molecular flexibility index (Phi) is 6.43. The fraction of sp³-hybridized carbons (Fsp3) is 0.273. The Balaban J connectivity index is 1.25. The van der Waals surface area contributed by atoms with E-state index in [0.29, 0.717) is 21.7 Å². The van der Waals surface area contributed by atoms with E-state index in [1.54, 1.807) is 12.1 Å². The van der Waals surface area contributed by atoms with Crippen molar-refractivity contribution < 1.29 is 4.79 Å². The minimum atomic E-state index is -0.219. The fourth-order valence-electron chi connectivity index (χ4n) is 6.19. The van der Waals surface area contributed by atoms with Crippen LogP contribution >= 0.6 is 22.9 Å². The molecule has 1 aliphatic carbocycles. The summed E-state index contributed by atoms with van der Waals surface area (Å²) in [7, 11) is 4.29. The monoisotopic (exact) mass is 592 g/mol. The molecular formula is C33H29ClN6OS. The van der Waals surface area contributed by atoms with E-state index >= 15 is 0 Å². The second kappa shape index (κ2) is 10.1. The SMILES string of the molecule is Cc1c(-c2nc3cc(C=O)cc(C#N)c3s2)cccc1-c1cccc(NC2(c3nc4c(n3C)CCN(C)C4)CC2)c1Cl. The molecule has 0 bridgehead atoms. The first-order chi connectivity index (χ1) is 20.3. The zero-order valence-corrected chi connectivity index (χ0v) is 25.2. The summed E-state index contributed by atoms with van der Waals surface area (Å²) in [6.07, 6.45) is 3.79. The minimum absolute atomic E-state index is 0.219. The molecule has 1 N–H and O–H groups in total. The highest BCUT2D eigenvalue weighted by Crippen LogP contribution is 2.50. The largest absolute Gasteiger partial charge is 0.371 e. The molecule has 0 amide bonds. The topological polar surface area (TPSA) is 86.8 Å². The van der Waals surface area contributed by atoms with Gasteiger partial charge in [-0.1, -0.05) is 41.9 Å². The van der Waals surface area contributed by atoms with Crippen LogP contribution in [0.25, 0.3) is 31.9 Å². The first-order valence-electron chi connectivity index (χ1n) is 14.0. The lowest BCUT2D eigenvalue weighted by atomic mass is 9.96. The van der Waals surface area contributed by atoms with E-state index in [2.05, 4.69) is 54.0 Å². The van der Waals surface area contributed by atoms with Crippen LogP contribution in [-0.2, 0) is 25.6 Å². The summed E-state index contributed by atoms with van der Waals surface area (Å²) in [5, 5.41) is 14.9. The van der Waals surface area contributed by atoms with Gasteiger partial charge in [0.25, 0.3) is 0 Å². The second-order valence-corrected chi connectivity index (χ2v) is 12.8. The summed E-state index contributed by atoms with van der Waals surface area (Å²) in [5.74, 6) is 1.09. The predicted molar refractivity (Wildman–Crippen MR) is 168 cm³/mol. The molecule has 1 fully saturated rings. The van der Waals surface area contributed by atoms with Crippen LogP contribution < -0.4 is 5.32 Å². The molecule has 3 heterocycles. The van der Waals surface area contributed by atoms with E-state index in [0.717, 1.165) is 82.1 Å². The summed E-state index contributed by atoms with van der Waals surface area (Å²) < 4.78 is 3.08. The lowest BCUT2D eigenvalue weighted by Crippen LogP contribution is -2.27. The smallest absolute Gasteiger partial charge is 0.150 e. The highest BCUT2D eigenvalue weighted by atomic mass is 35.5. The Morgan fingerprint density at radius 3 is 2.62 bits per heavy atom. The first kappa shape index (κ1) is 26.8. The molecule has 0 saturated heterocycles. The number of hydrogen-bond donors (Lipinski definition) is 1. The molecule has 42 heavy (non-hydrogen) atoms. The summed E-state index contributed by atoms with van der Waals surface area (Å²) in [4.78, 5) is 23.6. The minimum Gasteiger partial charge on any atom is -0.371 e. The number of nitriles is 1. The number of likely N-dealkylation sites (N-methyl/N-ethyl adjacent to an activating group) is 1. The van der Waals surface area contributed by atoms with Gasteiger partial charge in [-0.3, -0.25) is 4.79 Å². The molecular weight excluding hydrogens is 564 g/mol. The van der Waals surface area contributed by atoms with Crippen LogP contribution in [-0.4, -0.2) is 39.3 Å². The zero-order valence-electron chi connectivity index (χ0n) is 23.7. The Morgan fingerprint density at radius 2 is 1.86 bits per heavy atom. The van der Waals surface area contributed by atoms with Gasteiger partial charge in [0.05, 0.1) is 37.7 Å². The standard InChI is InChI=1S/C33H29ClN6OS/c1-19-22(6-4-7-23(19)31-36-26-15-20(18-41)14-21(16-35)30(26)42-31)24-8-5-9-25(29(24)34)38-33(11-12-33)32-37-27-17-39(2)13-10-28(27)40(32)3/h4-9,14-15,18,38H,10-13,17H2,1-3H3. The average molecular weight is 593 g/mol. The molecule has 0 radical (unpaired) electrons. The Labute approximate surface area is 253 Å². The van der Waals surface area contributed by atoms with Crippen molar-refractivity contribution >= 4 is 45.1 Å². The second-order valence-electron chi connectivity index (χ2n) is 11.4. The van der Waals surface area contributed by atoms with Gasteiger partial charge < -0.3 is 14.8 Å². The predicted octanol–water partition coefficient (Wildman–Crippen LogP) is 7.10. The normalized spacial score (nSPS) is 15.8. The number of halogens is 1. The van der Waals surface area contributed by atoms with Gasteiger partial charge in [-0.25, -0.2) is 9.97 Å². The lowest BCUT2D eigenvalue weighted by Gasteiger charge is -2.23.